The number of rotatable bonds is 2. The molecule has 1 N–H and O–H groups in total. The van der Waals surface area contributed by atoms with E-state index in [1.807, 2.05) is 0 Å². The minimum atomic E-state index is -1.41. The summed E-state index contributed by atoms with van der Waals surface area (Å²) in [5, 5.41) is 8.67. The van der Waals surface area contributed by atoms with Crippen LogP contribution in [0.25, 0.3) is 0 Å². The minimum Gasteiger partial charge on any atom is -0.478 e. The molecular weight excluding hydrogens is 241 g/mol. The number of imide groups is 1. The van der Waals surface area contributed by atoms with Gasteiger partial charge in [0.05, 0.1) is 11.3 Å². The van der Waals surface area contributed by atoms with Crippen LogP contribution in [-0.4, -0.2) is 22.9 Å². The van der Waals surface area contributed by atoms with Crippen molar-refractivity contribution in [1.29, 1.82) is 0 Å². The van der Waals surface area contributed by atoms with Crippen molar-refractivity contribution in [2.24, 2.45) is 0 Å². The van der Waals surface area contributed by atoms with Gasteiger partial charge in [-0.3, -0.25) is 9.59 Å². The topological polar surface area (TPSA) is 74.7 Å². The summed E-state index contributed by atoms with van der Waals surface area (Å²) in [6.07, 6.45) is 1.14. The summed E-state index contributed by atoms with van der Waals surface area (Å²) in [7, 11) is 0. The van der Waals surface area contributed by atoms with Crippen LogP contribution in [-0.2, 0) is 9.59 Å². The molecule has 92 valence electrons. The molecule has 1 aromatic carbocycles. The number of carboxylic acids is 1. The first-order chi connectivity index (χ1) is 8.41. The molecule has 1 aromatic rings. The van der Waals surface area contributed by atoms with Crippen LogP contribution in [0.5, 0.6) is 0 Å². The lowest BCUT2D eigenvalue weighted by Crippen LogP contribution is -2.30. The van der Waals surface area contributed by atoms with Crippen molar-refractivity contribution in [2.75, 3.05) is 4.90 Å². The van der Waals surface area contributed by atoms with Gasteiger partial charge in [-0.2, -0.15) is 0 Å². The zero-order chi connectivity index (χ0) is 13.4. The highest BCUT2D eigenvalue weighted by Gasteiger charge is 2.30. The van der Waals surface area contributed by atoms with Gasteiger partial charge in [0, 0.05) is 11.6 Å². The Kier molecular flexibility index (Phi) is 2.70. The molecule has 2 amide bonds. The van der Waals surface area contributed by atoms with Crippen LogP contribution in [0, 0.1) is 5.82 Å². The smallest absolute Gasteiger partial charge is 0.338 e. The van der Waals surface area contributed by atoms with E-state index in [0.29, 0.717) is 0 Å². The number of benzene rings is 1. The number of nitrogens with zero attached hydrogens (tertiary/aromatic N) is 1. The third-order valence-corrected chi connectivity index (χ3v) is 2.54. The fraction of sp³-hybridized carbons (Fsp3) is 0.0833. The Balaban J connectivity index is 2.43. The number of aromatic carboxylic acids is 1. The van der Waals surface area contributed by atoms with Gasteiger partial charge < -0.3 is 5.11 Å². The first-order valence-corrected chi connectivity index (χ1v) is 5.01. The maximum atomic E-state index is 13.5. The third kappa shape index (κ3) is 1.77. The van der Waals surface area contributed by atoms with E-state index >= 15 is 0 Å². The second kappa shape index (κ2) is 4.06. The largest absolute Gasteiger partial charge is 0.478 e. The zero-order valence-electron chi connectivity index (χ0n) is 9.31. The molecule has 0 spiro atoms. The summed E-state index contributed by atoms with van der Waals surface area (Å²) in [6.45, 7) is 1.47. The van der Waals surface area contributed by atoms with Gasteiger partial charge >= 0.3 is 5.97 Å². The van der Waals surface area contributed by atoms with E-state index in [-0.39, 0.29) is 11.3 Å². The molecule has 6 heteroatoms. The summed E-state index contributed by atoms with van der Waals surface area (Å²) >= 11 is 0. The summed E-state index contributed by atoms with van der Waals surface area (Å²) in [6, 6.07) is 3.08. The maximum absolute atomic E-state index is 13.5. The van der Waals surface area contributed by atoms with Crippen LogP contribution in [0.4, 0.5) is 10.1 Å². The molecule has 5 nitrogen and oxygen atoms in total. The Bertz CT molecular complexity index is 606. The summed E-state index contributed by atoms with van der Waals surface area (Å²) in [4.78, 5) is 34.6. The summed E-state index contributed by atoms with van der Waals surface area (Å²) < 4.78 is 13.5. The number of carboxylic acid groups (broad SMARTS) is 1. The Morgan fingerprint density at radius 2 is 2.00 bits per heavy atom. The standard InChI is InChI=1S/C12H8FNO4/c1-6-4-10(15)14(11(6)16)7-2-3-8(12(17)18)9(13)5-7/h2-5H,1H3,(H,17,18). The SMILES string of the molecule is CC1=CC(=O)N(c2ccc(C(=O)O)c(F)c2)C1=O. The predicted molar refractivity (Wildman–Crippen MR) is 59.6 cm³/mol. The molecule has 2 rings (SSSR count). The maximum Gasteiger partial charge on any atom is 0.338 e. The number of anilines is 1. The fourth-order valence-corrected chi connectivity index (χ4v) is 1.65. The van der Waals surface area contributed by atoms with E-state index in [1.54, 1.807) is 0 Å². The Hall–Kier alpha value is -2.50. The van der Waals surface area contributed by atoms with Crippen LogP contribution in [0.3, 0.4) is 0 Å². The van der Waals surface area contributed by atoms with Crippen LogP contribution in [0.2, 0.25) is 0 Å². The average molecular weight is 249 g/mol. The van der Waals surface area contributed by atoms with Crippen molar-refractivity contribution in [3.05, 3.63) is 41.2 Å². The van der Waals surface area contributed by atoms with Gasteiger partial charge in [0.2, 0.25) is 0 Å². The molecular formula is C12H8FNO4. The number of carbonyl (C=O) groups excluding carboxylic acids is 2. The van der Waals surface area contributed by atoms with Crippen molar-refractivity contribution >= 4 is 23.5 Å². The van der Waals surface area contributed by atoms with Gasteiger partial charge in [0.25, 0.3) is 11.8 Å². The molecule has 18 heavy (non-hydrogen) atoms. The lowest BCUT2D eigenvalue weighted by Gasteiger charge is -2.14. The van der Waals surface area contributed by atoms with Crippen molar-refractivity contribution in [3.8, 4) is 0 Å². The normalized spacial score (nSPS) is 15.0. The van der Waals surface area contributed by atoms with E-state index in [1.165, 1.54) is 13.0 Å². The van der Waals surface area contributed by atoms with Crippen LogP contribution in [0.1, 0.15) is 17.3 Å². The second-order valence-corrected chi connectivity index (χ2v) is 3.78. The van der Waals surface area contributed by atoms with E-state index < -0.39 is 29.2 Å². The van der Waals surface area contributed by atoms with Gasteiger partial charge in [-0.15, -0.1) is 0 Å². The van der Waals surface area contributed by atoms with Crippen LogP contribution < -0.4 is 4.90 Å². The van der Waals surface area contributed by atoms with E-state index in [4.69, 9.17) is 5.11 Å². The average Bonchev–Trinajstić information content (AvgIpc) is 2.52. The van der Waals surface area contributed by atoms with Gasteiger partial charge in [-0.25, -0.2) is 14.1 Å². The molecule has 0 aromatic heterocycles. The van der Waals surface area contributed by atoms with Gasteiger partial charge in [0.1, 0.15) is 5.82 Å². The van der Waals surface area contributed by atoms with Crippen molar-refractivity contribution in [1.82, 2.24) is 0 Å². The number of hydrogen-bond donors (Lipinski definition) is 1. The van der Waals surface area contributed by atoms with E-state index in [2.05, 4.69) is 0 Å². The molecule has 0 fully saturated rings. The lowest BCUT2D eigenvalue weighted by molar-refractivity contribution is -0.120. The monoisotopic (exact) mass is 249 g/mol. The van der Waals surface area contributed by atoms with E-state index in [9.17, 15) is 18.8 Å². The molecule has 1 aliphatic rings. The Morgan fingerprint density at radius 3 is 2.44 bits per heavy atom. The van der Waals surface area contributed by atoms with Crippen LogP contribution in [0.15, 0.2) is 29.8 Å². The number of amides is 2. The number of hydrogen-bond acceptors (Lipinski definition) is 3. The van der Waals surface area contributed by atoms with Gasteiger partial charge in [0.15, 0.2) is 0 Å². The summed E-state index contributed by atoms with van der Waals surface area (Å²) in [5.41, 5.74) is -0.245. The molecule has 0 radical (unpaired) electrons. The zero-order valence-corrected chi connectivity index (χ0v) is 9.31. The van der Waals surface area contributed by atoms with Crippen molar-refractivity contribution < 1.29 is 23.9 Å². The van der Waals surface area contributed by atoms with Crippen LogP contribution >= 0.6 is 0 Å². The Morgan fingerprint density at radius 1 is 1.33 bits per heavy atom. The molecule has 0 saturated carbocycles. The number of halogens is 1. The first-order valence-electron chi connectivity index (χ1n) is 5.01. The lowest BCUT2D eigenvalue weighted by atomic mass is 10.2. The first kappa shape index (κ1) is 12.0. The van der Waals surface area contributed by atoms with Crippen molar-refractivity contribution in [2.45, 2.75) is 6.92 Å². The molecule has 0 bridgehead atoms. The molecule has 1 heterocycles. The van der Waals surface area contributed by atoms with E-state index in [0.717, 1.165) is 23.1 Å². The highest BCUT2D eigenvalue weighted by atomic mass is 19.1. The molecule has 0 unspecified atom stereocenters. The Labute approximate surface area is 101 Å². The van der Waals surface area contributed by atoms with Crippen molar-refractivity contribution in [3.63, 3.8) is 0 Å². The minimum absolute atomic E-state index is 0.0144. The highest BCUT2D eigenvalue weighted by Crippen LogP contribution is 2.24. The van der Waals surface area contributed by atoms with Gasteiger partial charge in [-0.1, -0.05) is 0 Å². The molecule has 0 saturated heterocycles. The molecule has 0 aliphatic carbocycles. The predicted octanol–water partition coefficient (Wildman–Crippen LogP) is 1.34. The van der Waals surface area contributed by atoms with Gasteiger partial charge in [-0.05, 0) is 25.1 Å². The number of carbonyl (C=O) groups is 3. The third-order valence-electron chi connectivity index (χ3n) is 2.54. The second-order valence-electron chi connectivity index (χ2n) is 3.78. The highest BCUT2D eigenvalue weighted by molar-refractivity contribution is 6.30. The molecule has 0 atom stereocenters. The quantitative estimate of drug-likeness (QED) is 0.802. The summed E-state index contributed by atoms with van der Waals surface area (Å²) in [5.74, 6) is -3.51. The molecule has 1 aliphatic heterocycles. The fourth-order valence-electron chi connectivity index (χ4n) is 1.65.